The van der Waals surface area contributed by atoms with Gasteiger partial charge in [0.1, 0.15) is 24.6 Å². The predicted octanol–water partition coefficient (Wildman–Crippen LogP) is -1.70. The molecule has 192 valence electrons. The summed E-state index contributed by atoms with van der Waals surface area (Å²) in [7, 11) is 0. The fraction of sp³-hybridized carbons (Fsp3) is 0.619. The maximum atomic E-state index is 12.9. The van der Waals surface area contributed by atoms with Gasteiger partial charge in [0.25, 0.3) is 0 Å². The molecule has 0 radical (unpaired) electrons. The van der Waals surface area contributed by atoms with E-state index in [2.05, 4.69) is 36.9 Å². The normalized spacial score (nSPS) is 17.4. The Morgan fingerprint density at radius 2 is 1.69 bits per heavy atom. The van der Waals surface area contributed by atoms with E-state index in [4.69, 9.17) is 9.47 Å². The minimum Gasteiger partial charge on any atom is -0.691 e. The van der Waals surface area contributed by atoms with Crippen LogP contribution < -0.4 is 34.8 Å². The smallest absolute Gasteiger partial charge is 0.691 e. The Labute approximate surface area is 235 Å². The van der Waals surface area contributed by atoms with E-state index in [9.17, 15) is 14.8 Å². The van der Waals surface area contributed by atoms with E-state index in [0.717, 1.165) is 31.4 Å². The minimum atomic E-state index is -0.627. The third-order valence-corrected chi connectivity index (χ3v) is 6.23. The summed E-state index contributed by atoms with van der Waals surface area (Å²) in [5.74, 6) is -1.07. The third kappa shape index (κ3) is 8.36. The second kappa shape index (κ2) is 15.4. The van der Waals surface area contributed by atoms with E-state index in [-0.39, 0.29) is 65.8 Å². The van der Waals surface area contributed by atoms with Crippen molar-refractivity contribution in [3.8, 4) is 0 Å². The number of aromatic nitrogens is 6. The van der Waals surface area contributed by atoms with E-state index in [0.29, 0.717) is 30.1 Å². The van der Waals surface area contributed by atoms with Crippen LogP contribution in [0.15, 0.2) is 23.7 Å². The van der Waals surface area contributed by atoms with Crippen LogP contribution in [0.3, 0.4) is 0 Å². The number of unbranched alkanes of at least 4 members (excludes halogenated alkanes) is 1. The molecule has 2 aromatic rings. The van der Waals surface area contributed by atoms with Crippen LogP contribution in [-0.2, 0) is 54.7 Å². The molecule has 0 bridgehead atoms. The van der Waals surface area contributed by atoms with Gasteiger partial charge >= 0.3 is 35.5 Å². The fourth-order valence-corrected chi connectivity index (χ4v) is 3.86. The van der Waals surface area contributed by atoms with Crippen molar-refractivity contribution in [2.75, 3.05) is 5.75 Å². The predicted molar refractivity (Wildman–Crippen MR) is 119 cm³/mol. The van der Waals surface area contributed by atoms with Crippen LogP contribution >= 0.6 is 12.0 Å². The van der Waals surface area contributed by atoms with Crippen molar-refractivity contribution in [2.45, 2.75) is 66.3 Å². The third-order valence-electron chi connectivity index (χ3n) is 5.63. The quantitative estimate of drug-likeness (QED) is 0.0641. The number of hydrogen-bond donors (Lipinski definition) is 0. The van der Waals surface area contributed by atoms with Gasteiger partial charge in [-0.2, -0.15) is 4.33 Å². The number of ketones is 1. The van der Waals surface area contributed by atoms with Gasteiger partial charge in [-0.25, -0.2) is 4.79 Å². The number of hydrogen-bond acceptors (Lipinski definition) is 12. The molecular formula is C21H29N6NaO7S. The van der Waals surface area contributed by atoms with Crippen molar-refractivity contribution in [2.24, 2.45) is 11.8 Å². The van der Waals surface area contributed by atoms with Crippen LogP contribution in [0.2, 0.25) is 0 Å². The van der Waals surface area contributed by atoms with E-state index >= 15 is 0 Å². The first-order chi connectivity index (χ1) is 16.9. The fourth-order valence-electron chi connectivity index (χ4n) is 3.50. The number of esters is 1. The second-order valence-corrected chi connectivity index (χ2v) is 8.94. The number of rotatable bonds is 15. The molecule has 2 unspecified atom stereocenters. The van der Waals surface area contributed by atoms with Crippen molar-refractivity contribution in [1.29, 1.82) is 0 Å². The molecule has 36 heavy (non-hydrogen) atoms. The molecule has 2 heterocycles. The summed E-state index contributed by atoms with van der Waals surface area (Å²) in [4.78, 5) is 25.6. The molecule has 3 rings (SSSR count). The molecule has 13 nitrogen and oxygen atoms in total. The summed E-state index contributed by atoms with van der Waals surface area (Å²) in [6.07, 6.45) is 6.11. The molecule has 1 aliphatic rings. The average Bonchev–Trinajstić information content (AvgIpc) is 3.56. The molecule has 2 aromatic heterocycles. The molecule has 0 saturated carbocycles. The Morgan fingerprint density at radius 1 is 1.06 bits per heavy atom. The molecule has 0 aromatic carbocycles. The van der Waals surface area contributed by atoms with Crippen LogP contribution in [0.4, 0.5) is 0 Å². The summed E-state index contributed by atoms with van der Waals surface area (Å²) in [5, 5.41) is 29.1. The van der Waals surface area contributed by atoms with Gasteiger partial charge in [0.15, 0.2) is 5.76 Å². The Morgan fingerprint density at radius 3 is 2.33 bits per heavy atom. The standard InChI is InChI=1S/C21H30N6O7S.Na/c1-4-5-7-26-10-16(22-24-26)12-31-20-18(14(2)15(3)19(20)28)21(29)32-13-17-11-27(25-23-17)8-6-9-35-34-33-30;/h10-11,14-15,30H,4-9,12-13H2,1-3H3;/q;+1/p-1. The zero-order valence-corrected chi connectivity index (χ0v) is 23.7. The first-order valence-corrected chi connectivity index (χ1v) is 12.3. The number of carbonyl (C=O) groups excluding carboxylic acids is 2. The van der Waals surface area contributed by atoms with Crippen LogP contribution in [0, 0.1) is 11.8 Å². The largest absolute Gasteiger partial charge is 1.00 e. The maximum absolute atomic E-state index is 12.9. The van der Waals surface area contributed by atoms with Crippen molar-refractivity contribution < 1.29 is 63.2 Å². The SMILES string of the molecule is CCCCn1cc(COC2=C(C(=O)OCc3cn(CCCSOO[O-])nn3)C(C)C(C)C2=O)nn1.[Na+]. The van der Waals surface area contributed by atoms with Crippen molar-refractivity contribution in [3.63, 3.8) is 0 Å². The molecule has 0 aliphatic heterocycles. The number of aryl methyl sites for hydroxylation is 2. The van der Waals surface area contributed by atoms with Gasteiger partial charge < -0.3 is 14.7 Å². The Hall–Kier alpha value is -1.81. The molecule has 1 aliphatic carbocycles. The van der Waals surface area contributed by atoms with Crippen LogP contribution in [0.5, 0.6) is 0 Å². The van der Waals surface area contributed by atoms with Crippen molar-refractivity contribution in [1.82, 2.24) is 30.0 Å². The van der Waals surface area contributed by atoms with Gasteiger partial charge in [-0.15, -0.1) is 10.2 Å². The Kier molecular flexibility index (Phi) is 13.0. The van der Waals surface area contributed by atoms with Crippen LogP contribution in [-0.4, -0.2) is 47.5 Å². The Bertz CT molecular complexity index is 1030. The van der Waals surface area contributed by atoms with Gasteiger partial charge in [-0.3, -0.25) is 19.2 Å². The number of nitrogens with zero attached hydrogens (tertiary/aromatic N) is 6. The van der Waals surface area contributed by atoms with Gasteiger partial charge in [-0.1, -0.05) is 37.6 Å². The van der Waals surface area contributed by atoms with Gasteiger partial charge in [0.05, 0.1) is 18.0 Å². The summed E-state index contributed by atoms with van der Waals surface area (Å²) in [6.45, 7) is 6.87. The summed E-state index contributed by atoms with van der Waals surface area (Å²) in [6, 6.07) is 0. The van der Waals surface area contributed by atoms with E-state index in [1.54, 1.807) is 35.6 Å². The van der Waals surface area contributed by atoms with Gasteiger partial charge in [0.2, 0.25) is 5.78 Å². The van der Waals surface area contributed by atoms with E-state index in [1.807, 2.05) is 0 Å². The van der Waals surface area contributed by atoms with Crippen molar-refractivity contribution in [3.05, 3.63) is 35.1 Å². The number of Topliss-reactive ketones (excluding diaryl/α,β-unsaturated/α-hetero) is 1. The van der Waals surface area contributed by atoms with E-state index in [1.165, 1.54) is 0 Å². The molecule has 0 N–H and O–H groups in total. The Balaban J connectivity index is 0.00000456. The molecule has 0 spiro atoms. The van der Waals surface area contributed by atoms with Gasteiger partial charge in [-0.05, 0) is 12.8 Å². The zero-order valence-electron chi connectivity index (χ0n) is 20.9. The second-order valence-electron chi connectivity index (χ2n) is 8.16. The molecule has 0 saturated heterocycles. The first-order valence-electron chi connectivity index (χ1n) is 11.4. The van der Waals surface area contributed by atoms with Crippen molar-refractivity contribution >= 4 is 23.8 Å². The van der Waals surface area contributed by atoms with Gasteiger partial charge in [0, 0.05) is 42.7 Å². The summed E-state index contributed by atoms with van der Waals surface area (Å²) < 4.78 is 18.7. The average molecular weight is 533 g/mol. The van der Waals surface area contributed by atoms with E-state index < -0.39 is 11.9 Å². The van der Waals surface area contributed by atoms with Crippen LogP contribution in [0.25, 0.3) is 0 Å². The summed E-state index contributed by atoms with van der Waals surface area (Å²) >= 11 is 0.896. The molecular weight excluding hydrogens is 503 g/mol. The summed E-state index contributed by atoms with van der Waals surface area (Å²) in [5.41, 5.74) is 1.25. The van der Waals surface area contributed by atoms with Crippen LogP contribution in [0.1, 0.15) is 51.4 Å². The topological polar surface area (TPSA) is 156 Å². The minimum absolute atomic E-state index is 0. The molecule has 0 amide bonds. The molecule has 15 heteroatoms. The molecule has 2 atom stereocenters. The number of carbonyl (C=O) groups is 2. The number of ether oxygens (including phenoxy) is 2. The number of allylic oxidation sites excluding steroid dienone is 1. The monoisotopic (exact) mass is 532 g/mol. The maximum Gasteiger partial charge on any atom is 1.00 e. The zero-order chi connectivity index (χ0) is 25.2. The molecule has 0 fully saturated rings. The first kappa shape index (κ1) is 30.4.